The van der Waals surface area contributed by atoms with Crippen molar-refractivity contribution in [3.8, 4) is 11.5 Å². The molecule has 1 aromatic carbocycles. The third-order valence-corrected chi connectivity index (χ3v) is 3.32. The molecule has 0 aliphatic carbocycles. The van der Waals surface area contributed by atoms with Crippen molar-refractivity contribution in [1.82, 2.24) is 15.6 Å². The topological polar surface area (TPSA) is 99.6 Å². The standard InChI is InChI=1S/C13H13IN4O3/c1-2-21-9-4-3-8(11(19)5-9)6-15-18-13(20)12-10(14)7-16-17-12/h3-7,19H,2H2,1H3,(H,16,17)(H,18,20). The van der Waals surface area contributed by atoms with E-state index < -0.39 is 5.91 Å². The highest BCUT2D eigenvalue weighted by Crippen LogP contribution is 2.22. The largest absolute Gasteiger partial charge is 0.507 e. The van der Waals surface area contributed by atoms with E-state index in [2.05, 4.69) is 20.7 Å². The summed E-state index contributed by atoms with van der Waals surface area (Å²) in [7, 11) is 0. The van der Waals surface area contributed by atoms with Gasteiger partial charge in [0.2, 0.25) is 0 Å². The molecule has 1 heterocycles. The Morgan fingerprint density at radius 3 is 3.05 bits per heavy atom. The number of carbonyl (C=O) groups is 1. The molecule has 0 saturated carbocycles. The van der Waals surface area contributed by atoms with E-state index in [9.17, 15) is 9.90 Å². The number of hydrogen-bond acceptors (Lipinski definition) is 5. The van der Waals surface area contributed by atoms with E-state index in [0.29, 0.717) is 27.2 Å². The van der Waals surface area contributed by atoms with Crippen molar-refractivity contribution in [2.45, 2.75) is 6.92 Å². The van der Waals surface area contributed by atoms with Crippen LogP contribution in [0.1, 0.15) is 23.0 Å². The first-order valence-electron chi connectivity index (χ1n) is 6.10. The summed E-state index contributed by atoms with van der Waals surface area (Å²) in [4.78, 5) is 11.8. The number of nitrogens with zero attached hydrogens (tertiary/aromatic N) is 2. The van der Waals surface area contributed by atoms with Crippen LogP contribution < -0.4 is 10.2 Å². The van der Waals surface area contributed by atoms with Crippen LogP contribution in [0.15, 0.2) is 29.5 Å². The SMILES string of the molecule is CCOc1ccc(C=NNC(=O)c2[nH]ncc2I)c(O)c1. The van der Waals surface area contributed by atoms with Crippen LogP contribution in [0.3, 0.4) is 0 Å². The molecule has 0 saturated heterocycles. The van der Waals surface area contributed by atoms with Gasteiger partial charge in [0.05, 0.1) is 22.6 Å². The molecule has 0 unspecified atom stereocenters. The van der Waals surface area contributed by atoms with Gasteiger partial charge in [0, 0.05) is 11.6 Å². The third kappa shape index (κ3) is 3.94. The maximum Gasteiger partial charge on any atom is 0.290 e. The zero-order valence-corrected chi connectivity index (χ0v) is 13.3. The van der Waals surface area contributed by atoms with Gasteiger partial charge in [-0.1, -0.05) is 0 Å². The molecule has 1 amide bonds. The highest BCUT2D eigenvalue weighted by Gasteiger charge is 2.10. The van der Waals surface area contributed by atoms with Gasteiger partial charge in [-0.3, -0.25) is 9.89 Å². The minimum Gasteiger partial charge on any atom is -0.507 e. The summed E-state index contributed by atoms with van der Waals surface area (Å²) in [5, 5.41) is 19.9. The fraction of sp³-hybridized carbons (Fsp3) is 0.154. The number of phenolic OH excluding ortho intramolecular Hbond substituents is 1. The van der Waals surface area contributed by atoms with Crippen LogP contribution in [0, 0.1) is 3.57 Å². The van der Waals surface area contributed by atoms with Crippen LogP contribution >= 0.6 is 22.6 Å². The second-order valence-electron chi connectivity index (χ2n) is 3.95. The number of hydrazone groups is 1. The Labute approximate surface area is 134 Å². The highest BCUT2D eigenvalue weighted by molar-refractivity contribution is 14.1. The average molecular weight is 400 g/mol. The number of aromatic hydroxyl groups is 1. The smallest absolute Gasteiger partial charge is 0.290 e. The highest BCUT2D eigenvalue weighted by atomic mass is 127. The normalized spacial score (nSPS) is 10.8. The van der Waals surface area contributed by atoms with Crippen LogP contribution in [0.4, 0.5) is 0 Å². The fourth-order valence-electron chi connectivity index (χ4n) is 1.54. The number of phenols is 1. The van der Waals surface area contributed by atoms with Crippen molar-refractivity contribution in [3.05, 3.63) is 39.2 Å². The van der Waals surface area contributed by atoms with Gasteiger partial charge in [-0.25, -0.2) is 5.43 Å². The zero-order chi connectivity index (χ0) is 15.2. The number of hydrogen-bond donors (Lipinski definition) is 3. The van der Waals surface area contributed by atoms with E-state index in [0.717, 1.165) is 0 Å². The molecular formula is C13H13IN4O3. The number of amides is 1. The lowest BCUT2D eigenvalue weighted by Gasteiger charge is -2.04. The molecule has 7 nitrogen and oxygen atoms in total. The van der Waals surface area contributed by atoms with Gasteiger partial charge in [-0.15, -0.1) is 0 Å². The quantitative estimate of drug-likeness (QED) is 0.406. The Balaban J connectivity index is 2.01. The molecule has 8 heteroatoms. The molecule has 0 aliphatic rings. The van der Waals surface area contributed by atoms with Crippen molar-refractivity contribution >= 4 is 34.7 Å². The van der Waals surface area contributed by atoms with E-state index in [1.54, 1.807) is 12.1 Å². The third-order valence-electron chi connectivity index (χ3n) is 2.50. The number of benzene rings is 1. The molecule has 110 valence electrons. The fourth-order valence-corrected chi connectivity index (χ4v) is 2.04. The number of aromatic nitrogens is 2. The maximum absolute atomic E-state index is 11.8. The van der Waals surface area contributed by atoms with Gasteiger partial charge < -0.3 is 9.84 Å². The van der Waals surface area contributed by atoms with Crippen molar-refractivity contribution in [3.63, 3.8) is 0 Å². The van der Waals surface area contributed by atoms with Gasteiger partial charge >= 0.3 is 0 Å². The first-order chi connectivity index (χ1) is 10.1. The molecular weight excluding hydrogens is 387 g/mol. The molecule has 1 aromatic heterocycles. The molecule has 2 aromatic rings. The summed E-state index contributed by atoms with van der Waals surface area (Å²) in [6, 6.07) is 4.85. The molecule has 0 aliphatic heterocycles. The summed E-state index contributed by atoms with van der Waals surface area (Å²) in [6.07, 6.45) is 2.89. The van der Waals surface area contributed by atoms with Crippen LogP contribution in [-0.2, 0) is 0 Å². The Morgan fingerprint density at radius 1 is 1.62 bits per heavy atom. The van der Waals surface area contributed by atoms with Gasteiger partial charge in [-0.05, 0) is 41.6 Å². The zero-order valence-electron chi connectivity index (χ0n) is 11.1. The number of H-pyrrole nitrogens is 1. The summed E-state index contributed by atoms with van der Waals surface area (Å²) in [5.74, 6) is 0.192. The van der Waals surface area contributed by atoms with E-state index in [1.807, 2.05) is 29.5 Å². The first kappa shape index (κ1) is 15.3. The molecule has 0 spiro atoms. The Hall–Kier alpha value is -2.10. The molecule has 0 fully saturated rings. The molecule has 21 heavy (non-hydrogen) atoms. The second-order valence-corrected chi connectivity index (χ2v) is 5.11. The monoisotopic (exact) mass is 400 g/mol. The molecule has 0 radical (unpaired) electrons. The number of ether oxygens (including phenoxy) is 1. The van der Waals surface area contributed by atoms with Crippen LogP contribution in [0.25, 0.3) is 0 Å². The van der Waals surface area contributed by atoms with E-state index in [4.69, 9.17) is 4.74 Å². The van der Waals surface area contributed by atoms with E-state index in [-0.39, 0.29) is 5.75 Å². The van der Waals surface area contributed by atoms with Gasteiger partial charge in [0.15, 0.2) is 0 Å². The van der Waals surface area contributed by atoms with Crippen LogP contribution in [0.2, 0.25) is 0 Å². The lowest BCUT2D eigenvalue weighted by molar-refractivity contribution is 0.0949. The molecule has 3 N–H and O–H groups in total. The molecule has 0 atom stereocenters. The van der Waals surface area contributed by atoms with E-state index in [1.165, 1.54) is 18.5 Å². The Bertz CT molecular complexity index is 669. The number of nitrogens with one attached hydrogen (secondary N) is 2. The van der Waals surface area contributed by atoms with Crippen molar-refractivity contribution < 1.29 is 14.6 Å². The minimum absolute atomic E-state index is 0.0232. The van der Waals surface area contributed by atoms with Crippen LogP contribution in [0.5, 0.6) is 11.5 Å². The van der Waals surface area contributed by atoms with Gasteiger partial charge in [0.1, 0.15) is 17.2 Å². The Morgan fingerprint density at radius 2 is 2.43 bits per heavy atom. The summed E-state index contributed by atoms with van der Waals surface area (Å²) in [6.45, 7) is 2.38. The lowest BCUT2D eigenvalue weighted by Crippen LogP contribution is -2.19. The first-order valence-corrected chi connectivity index (χ1v) is 7.17. The van der Waals surface area contributed by atoms with Crippen molar-refractivity contribution in [1.29, 1.82) is 0 Å². The summed E-state index contributed by atoms with van der Waals surface area (Å²) in [5.41, 5.74) is 3.16. The number of carbonyl (C=O) groups excluding carboxylic acids is 1. The second kappa shape index (κ2) is 7.07. The van der Waals surface area contributed by atoms with E-state index >= 15 is 0 Å². The summed E-state index contributed by atoms with van der Waals surface area (Å²) < 4.78 is 5.96. The predicted octanol–water partition coefficient (Wildman–Crippen LogP) is 1.88. The average Bonchev–Trinajstić information content (AvgIpc) is 2.88. The minimum atomic E-state index is -0.404. The van der Waals surface area contributed by atoms with Crippen molar-refractivity contribution in [2.75, 3.05) is 6.61 Å². The lowest BCUT2D eigenvalue weighted by atomic mass is 10.2. The van der Waals surface area contributed by atoms with Gasteiger partial charge in [-0.2, -0.15) is 10.2 Å². The van der Waals surface area contributed by atoms with Crippen molar-refractivity contribution in [2.24, 2.45) is 5.10 Å². The number of rotatable bonds is 5. The predicted molar refractivity (Wildman–Crippen MR) is 85.6 cm³/mol. The maximum atomic E-state index is 11.8. The number of aromatic amines is 1. The summed E-state index contributed by atoms with van der Waals surface area (Å²) >= 11 is 1.99. The Kier molecular flexibility index (Phi) is 5.14. The molecule has 0 bridgehead atoms. The van der Waals surface area contributed by atoms with Crippen LogP contribution in [-0.4, -0.2) is 34.0 Å². The van der Waals surface area contributed by atoms with Gasteiger partial charge in [0.25, 0.3) is 5.91 Å². The number of halogens is 1. The molecule has 2 rings (SSSR count).